The Hall–Kier alpha value is -3.41. The van der Waals surface area contributed by atoms with Crippen LogP contribution in [0.4, 0.5) is 0 Å². The molecule has 2 aromatic heterocycles. The van der Waals surface area contributed by atoms with Crippen molar-refractivity contribution < 1.29 is 9.59 Å². The summed E-state index contributed by atoms with van der Waals surface area (Å²) in [5.41, 5.74) is 2.45. The second-order valence-electron chi connectivity index (χ2n) is 7.73. The summed E-state index contributed by atoms with van der Waals surface area (Å²) in [7, 11) is 0. The van der Waals surface area contributed by atoms with Crippen LogP contribution in [0.1, 0.15) is 53.6 Å². The zero-order chi connectivity index (χ0) is 21.3. The smallest absolute Gasteiger partial charge is 0.262 e. The van der Waals surface area contributed by atoms with Crippen LogP contribution in [0.2, 0.25) is 0 Å². The van der Waals surface area contributed by atoms with E-state index in [1.54, 1.807) is 37.4 Å². The molecule has 1 aromatic carbocycles. The van der Waals surface area contributed by atoms with Gasteiger partial charge in [-0.15, -0.1) is 0 Å². The van der Waals surface area contributed by atoms with E-state index in [-0.39, 0.29) is 23.5 Å². The van der Waals surface area contributed by atoms with Crippen molar-refractivity contribution in [1.29, 1.82) is 0 Å². The molecule has 0 N–H and O–H groups in total. The molecule has 0 spiro atoms. The highest BCUT2D eigenvalue weighted by atomic mass is 16.1. The highest BCUT2D eigenvalue weighted by molar-refractivity contribution is 5.94. The molecule has 0 radical (unpaired) electrons. The molecule has 0 aliphatic heterocycles. The first kappa shape index (κ1) is 19.9. The number of Topliss-reactive ketones (excluding diaryl/α,β-unsaturated/α-hetero) is 2. The number of rotatable bonds is 5. The Balaban J connectivity index is 1.71. The van der Waals surface area contributed by atoms with Crippen LogP contribution in [0.25, 0.3) is 10.9 Å². The maximum Gasteiger partial charge on any atom is 0.262 e. The lowest BCUT2D eigenvalue weighted by Gasteiger charge is -2.26. The van der Waals surface area contributed by atoms with E-state index < -0.39 is 6.04 Å². The Morgan fingerprint density at radius 1 is 1.20 bits per heavy atom. The van der Waals surface area contributed by atoms with E-state index in [4.69, 9.17) is 0 Å². The number of aryl methyl sites for hydroxylation is 2. The third-order valence-corrected chi connectivity index (χ3v) is 5.64. The third-order valence-electron chi connectivity index (χ3n) is 5.64. The zero-order valence-electron chi connectivity index (χ0n) is 16.9. The standard InChI is InChI=1S/C24H23N3O3/c1-15-9-11-20(22(29)14-15)27-16(2)26-19-8-5-6-17(23(19)24(27)30)10-12-21(28)18-7-3-4-13-25-18/h3-8,13,20H,1,9-12,14H2,2H3. The van der Waals surface area contributed by atoms with Crippen LogP contribution >= 0.6 is 0 Å². The number of benzene rings is 1. The normalized spacial score (nSPS) is 16.8. The number of carbonyl (C=O) groups is 2. The summed E-state index contributed by atoms with van der Waals surface area (Å²) >= 11 is 0. The molecule has 30 heavy (non-hydrogen) atoms. The number of carbonyl (C=O) groups excluding carboxylic acids is 2. The Bertz CT molecular complexity index is 1210. The molecule has 1 aliphatic rings. The van der Waals surface area contributed by atoms with Crippen molar-refractivity contribution in [3.8, 4) is 0 Å². The predicted octanol–water partition coefficient (Wildman–Crippen LogP) is 3.77. The number of ketones is 2. The van der Waals surface area contributed by atoms with Gasteiger partial charge in [0.05, 0.1) is 16.9 Å². The van der Waals surface area contributed by atoms with Gasteiger partial charge in [-0.3, -0.25) is 23.9 Å². The van der Waals surface area contributed by atoms with Gasteiger partial charge in [-0.25, -0.2) is 4.98 Å². The maximum absolute atomic E-state index is 13.5. The Morgan fingerprint density at radius 2 is 2.03 bits per heavy atom. The molecule has 1 saturated carbocycles. The van der Waals surface area contributed by atoms with Gasteiger partial charge < -0.3 is 0 Å². The molecular weight excluding hydrogens is 378 g/mol. The van der Waals surface area contributed by atoms with Crippen molar-refractivity contribution >= 4 is 22.5 Å². The second kappa shape index (κ2) is 8.14. The summed E-state index contributed by atoms with van der Waals surface area (Å²) in [5, 5.41) is 0.481. The van der Waals surface area contributed by atoms with E-state index in [1.165, 1.54) is 4.57 Å². The molecule has 6 heteroatoms. The number of nitrogens with zero attached hydrogens (tertiary/aromatic N) is 3. The average molecular weight is 401 g/mol. The number of allylic oxidation sites excluding steroid dienone is 1. The number of pyridine rings is 1. The van der Waals surface area contributed by atoms with Crippen LogP contribution < -0.4 is 5.56 Å². The fourth-order valence-electron chi connectivity index (χ4n) is 4.13. The molecule has 0 amide bonds. The van der Waals surface area contributed by atoms with Crippen molar-refractivity contribution in [3.63, 3.8) is 0 Å². The van der Waals surface area contributed by atoms with Crippen molar-refractivity contribution in [1.82, 2.24) is 14.5 Å². The first-order chi connectivity index (χ1) is 14.5. The summed E-state index contributed by atoms with van der Waals surface area (Å²) in [6, 6.07) is 10.2. The van der Waals surface area contributed by atoms with Crippen molar-refractivity contribution in [3.05, 3.63) is 82.2 Å². The molecule has 2 heterocycles. The highest BCUT2D eigenvalue weighted by Gasteiger charge is 2.28. The van der Waals surface area contributed by atoms with Gasteiger partial charge in [0.2, 0.25) is 0 Å². The van der Waals surface area contributed by atoms with Gasteiger partial charge in [-0.05, 0) is 49.9 Å². The predicted molar refractivity (Wildman–Crippen MR) is 115 cm³/mol. The zero-order valence-corrected chi connectivity index (χ0v) is 16.9. The van der Waals surface area contributed by atoms with Gasteiger partial charge in [0.25, 0.3) is 5.56 Å². The van der Waals surface area contributed by atoms with Crippen LogP contribution in [-0.4, -0.2) is 26.1 Å². The lowest BCUT2D eigenvalue weighted by atomic mass is 9.90. The summed E-state index contributed by atoms with van der Waals surface area (Å²) in [5.74, 6) is 0.453. The summed E-state index contributed by atoms with van der Waals surface area (Å²) in [4.78, 5) is 47.2. The second-order valence-corrected chi connectivity index (χ2v) is 7.73. The molecule has 1 atom stereocenters. The van der Waals surface area contributed by atoms with Crippen molar-refractivity contribution in [2.24, 2.45) is 0 Å². The molecule has 0 bridgehead atoms. The third kappa shape index (κ3) is 3.73. The Kier molecular flexibility index (Phi) is 5.40. The van der Waals surface area contributed by atoms with E-state index in [0.29, 0.717) is 41.7 Å². The SMILES string of the molecule is C=C1CCC(n2c(C)nc3cccc(CCC(=O)c4ccccn4)c3c2=O)C(=O)C1. The summed E-state index contributed by atoms with van der Waals surface area (Å²) < 4.78 is 1.53. The van der Waals surface area contributed by atoms with E-state index in [9.17, 15) is 14.4 Å². The van der Waals surface area contributed by atoms with Gasteiger partial charge in [0.15, 0.2) is 11.6 Å². The molecule has 1 aliphatic carbocycles. The maximum atomic E-state index is 13.5. The van der Waals surface area contributed by atoms with Crippen LogP contribution in [0.15, 0.2) is 59.5 Å². The topological polar surface area (TPSA) is 81.9 Å². The van der Waals surface area contributed by atoms with Crippen LogP contribution in [0, 0.1) is 6.92 Å². The number of fused-ring (bicyclic) bond motifs is 1. The van der Waals surface area contributed by atoms with E-state index >= 15 is 0 Å². The van der Waals surface area contributed by atoms with Gasteiger partial charge >= 0.3 is 0 Å². The van der Waals surface area contributed by atoms with E-state index in [0.717, 1.165) is 17.6 Å². The fourth-order valence-corrected chi connectivity index (χ4v) is 4.13. The molecule has 1 fully saturated rings. The molecule has 3 aromatic rings. The van der Waals surface area contributed by atoms with Crippen LogP contribution in [0.3, 0.4) is 0 Å². The van der Waals surface area contributed by atoms with Gasteiger partial charge in [-0.2, -0.15) is 0 Å². The largest absolute Gasteiger partial charge is 0.297 e. The molecular formula is C24H23N3O3. The fraction of sp³-hybridized carbons (Fsp3) is 0.292. The minimum atomic E-state index is -0.511. The van der Waals surface area contributed by atoms with Gasteiger partial charge in [-0.1, -0.05) is 30.4 Å². The molecule has 4 rings (SSSR count). The summed E-state index contributed by atoms with van der Waals surface area (Å²) in [6.07, 6.45) is 3.82. The van der Waals surface area contributed by atoms with Crippen LogP contribution in [0.5, 0.6) is 0 Å². The highest BCUT2D eigenvalue weighted by Crippen LogP contribution is 2.28. The first-order valence-electron chi connectivity index (χ1n) is 10.1. The minimum Gasteiger partial charge on any atom is -0.297 e. The summed E-state index contributed by atoms with van der Waals surface area (Å²) in [6.45, 7) is 5.67. The first-order valence-corrected chi connectivity index (χ1v) is 10.1. The van der Waals surface area contributed by atoms with Crippen LogP contribution in [-0.2, 0) is 11.2 Å². The van der Waals surface area contributed by atoms with Crippen molar-refractivity contribution in [2.75, 3.05) is 0 Å². The van der Waals surface area contributed by atoms with E-state index in [2.05, 4.69) is 16.5 Å². The quantitative estimate of drug-likeness (QED) is 0.480. The minimum absolute atomic E-state index is 0.000380. The molecule has 1 unspecified atom stereocenters. The number of hydrogen-bond acceptors (Lipinski definition) is 5. The lowest BCUT2D eigenvalue weighted by molar-refractivity contribution is -0.122. The van der Waals surface area contributed by atoms with E-state index in [1.807, 2.05) is 12.1 Å². The van der Waals surface area contributed by atoms with Gasteiger partial charge in [0, 0.05) is 19.0 Å². The molecule has 0 saturated heterocycles. The average Bonchev–Trinajstić information content (AvgIpc) is 2.73. The Morgan fingerprint density at radius 3 is 2.77 bits per heavy atom. The molecule has 6 nitrogen and oxygen atoms in total. The number of aromatic nitrogens is 3. The van der Waals surface area contributed by atoms with Gasteiger partial charge in [0.1, 0.15) is 11.5 Å². The lowest BCUT2D eigenvalue weighted by Crippen LogP contribution is -2.35. The molecule has 152 valence electrons. The van der Waals surface area contributed by atoms with Crippen molar-refractivity contribution in [2.45, 2.75) is 45.1 Å². The Labute approximate surface area is 174 Å². The number of hydrogen-bond donors (Lipinski definition) is 0. The monoisotopic (exact) mass is 401 g/mol.